The highest BCUT2D eigenvalue weighted by Crippen LogP contribution is 2.21. The van der Waals surface area contributed by atoms with Gasteiger partial charge in [0, 0.05) is 12.1 Å². The Bertz CT molecular complexity index is 568. The van der Waals surface area contributed by atoms with Gasteiger partial charge >= 0.3 is 0 Å². The highest BCUT2D eigenvalue weighted by Gasteiger charge is 2.06. The highest BCUT2D eigenvalue weighted by molar-refractivity contribution is 5.33. The van der Waals surface area contributed by atoms with Crippen molar-refractivity contribution in [3.05, 3.63) is 48.5 Å². The normalized spacial score (nSPS) is 11.6. The van der Waals surface area contributed by atoms with Crippen LogP contribution in [-0.2, 0) is 0 Å². The topological polar surface area (TPSA) is 36.9 Å². The van der Waals surface area contributed by atoms with Gasteiger partial charge in [0.25, 0.3) is 0 Å². The van der Waals surface area contributed by atoms with Gasteiger partial charge in [0.05, 0.1) is 14.2 Å². The first-order chi connectivity index (χ1) is 10.2. The second kappa shape index (κ2) is 7.43. The molecule has 1 atom stereocenters. The molecular formula is C17H20O4. The van der Waals surface area contributed by atoms with Crippen molar-refractivity contribution in [3.63, 3.8) is 0 Å². The van der Waals surface area contributed by atoms with Gasteiger partial charge in [0.15, 0.2) is 0 Å². The van der Waals surface area contributed by atoms with Gasteiger partial charge in [-0.25, -0.2) is 0 Å². The van der Waals surface area contributed by atoms with Crippen LogP contribution >= 0.6 is 0 Å². The van der Waals surface area contributed by atoms with Crippen LogP contribution in [0.5, 0.6) is 23.0 Å². The Hall–Kier alpha value is -2.36. The maximum absolute atomic E-state index is 5.80. The van der Waals surface area contributed by atoms with E-state index >= 15 is 0 Å². The van der Waals surface area contributed by atoms with E-state index < -0.39 is 0 Å². The fourth-order valence-electron chi connectivity index (χ4n) is 1.85. The Morgan fingerprint density at radius 3 is 1.95 bits per heavy atom. The number of methoxy groups -OCH3 is 2. The first kappa shape index (κ1) is 15.0. The van der Waals surface area contributed by atoms with Gasteiger partial charge in [-0.05, 0) is 31.2 Å². The summed E-state index contributed by atoms with van der Waals surface area (Å²) >= 11 is 0. The van der Waals surface area contributed by atoms with Gasteiger partial charge in [-0.2, -0.15) is 0 Å². The number of ether oxygens (including phenoxy) is 4. The molecule has 0 saturated heterocycles. The minimum Gasteiger partial charge on any atom is -0.497 e. The lowest BCUT2D eigenvalue weighted by Gasteiger charge is -2.16. The lowest BCUT2D eigenvalue weighted by molar-refractivity contribution is 0.142. The third-order valence-corrected chi connectivity index (χ3v) is 2.90. The lowest BCUT2D eigenvalue weighted by atomic mass is 10.3. The van der Waals surface area contributed by atoms with E-state index in [1.165, 1.54) is 0 Å². The van der Waals surface area contributed by atoms with Gasteiger partial charge in [0.2, 0.25) is 0 Å². The van der Waals surface area contributed by atoms with Gasteiger partial charge in [0.1, 0.15) is 35.7 Å². The monoisotopic (exact) mass is 288 g/mol. The van der Waals surface area contributed by atoms with Crippen LogP contribution in [0.3, 0.4) is 0 Å². The van der Waals surface area contributed by atoms with Crippen molar-refractivity contribution < 1.29 is 18.9 Å². The zero-order valence-electron chi connectivity index (χ0n) is 12.5. The zero-order valence-corrected chi connectivity index (χ0v) is 12.5. The molecule has 0 aromatic heterocycles. The molecule has 0 bridgehead atoms. The standard InChI is InChI=1S/C17H20O4/c1-13(21-17-9-5-7-15(11-17)19-3)12-20-16-8-4-6-14(10-16)18-2/h4-11,13H,12H2,1-3H3. The number of hydrogen-bond acceptors (Lipinski definition) is 4. The summed E-state index contributed by atoms with van der Waals surface area (Å²) in [6.07, 6.45) is -0.0803. The minimum atomic E-state index is -0.0803. The quantitative estimate of drug-likeness (QED) is 0.780. The lowest BCUT2D eigenvalue weighted by Crippen LogP contribution is -2.21. The molecule has 0 saturated carbocycles. The maximum atomic E-state index is 5.80. The fraction of sp³-hybridized carbons (Fsp3) is 0.294. The Kier molecular flexibility index (Phi) is 5.32. The van der Waals surface area contributed by atoms with Crippen LogP contribution in [0.4, 0.5) is 0 Å². The minimum absolute atomic E-state index is 0.0803. The second-order valence-electron chi connectivity index (χ2n) is 4.60. The maximum Gasteiger partial charge on any atom is 0.130 e. The third-order valence-electron chi connectivity index (χ3n) is 2.90. The summed E-state index contributed by atoms with van der Waals surface area (Å²) in [4.78, 5) is 0. The zero-order chi connectivity index (χ0) is 15.1. The average Bonchev–Trinajstić information content (AvgIpc) is 2.53. The summed E-state index contributed by atoms with van der Waals surface area (Å²) in [5, 5.41) is 0. The van der Waals surface area contributed by atoms with E-state index in [1.54, 1.807) is 14.2 Å². The number of rotatable bonds is 7. The van der Waals surface area contributed by atoms with E-state index in [2.05, 4.69) is 0 Å². The van der Waals surface area contributed by atoms with Gasteiger partial charge in [-0.3, -0.25) is 0 Å². The molecule has 0 fully saturated rings. The molecule has 0 N–H and O–H groups in total. The Morgan fingerprint density at radius 2 is 1.33 bits per heavy atom. The molecule has 2 aromatic rings. The van der Waals surface area contributed by atoms with Crippen molar-refractivity contribution in [1.82, 2.24) is 0 Å². The predicted molar refractivity (Wildman–Crippen MR) is 81.6 cm³/mol. The summed E-state index contributed by atoms with van der Waals surface area (Å²) < 4.78 is 21.8. The van der Waals surface area contributed by atoms with Crippen LogP contribution < -0.4 is 18.9 Å². The molecule has 4 heteroatoms. The largest absolute Gasteiger partial charge is 0.497 e. The van der Waals surface area contributed by atoms with Crippen LogP contribution in [0.2, 0.25) is 0 Å². The molecule has 0 heterocycles. The van der Waals surface area contributed by atoms with Crippen LogP contribution in [0.15, 0.2) is 48.5 Å². The summed E-state index contributed by atoms with van der Waals surface area (Å²) in [6, 6.07) is 15.0. The van der Waals surface area contributed by atoms with Gasteiger partial charge in [-0.1, -0.05) is 12.1 Å². The van der Waals surface area contributed by atoms with E-state index in [0.29, 0.717) is 6.61 Å². The van der Waals surface area contributed by atoms with Gasteiger partial charge < -0.3 is 18.9 Å². The van der Waals surface area contributed by atoms with Crippen LogP contribution in [-0.4, -0.2) is 26.9 Å². The van der Waals surface area contributed by atoms with E-state index in [0.717, 1.165) is 23.0 Å². The second-order valence-corrected chi connectivity index (χ2v) is 4.60. The van der Waals surface area contributed by atoms with Crippen molar-refractivity contribution >= 4 is 0 Å². The van der Waals surface area contributed by atoms with E-state index in [1.807, 2.05) is 55.5 Å². The molecule has 0 radical (unpaired) electrons. The Labute approximate surface area is 125 Å². The summed E-state index contributed by atoms with van der Waals surface area (Å²) in [6.45, 7) is 2.41. The smallest absolute Gasteiger partial charge is 0.130 e. The highest BCUT2D eigenvalue weighted by atomic mass is 16.5. The molecule has 21 heavy (non-hydrogen) atoms. The molecule has 1 unspecified atom stereocenters. The third kappa shape index (κ3) is 4.60. The number of benzene rings is 2. The van der Waals surface area contributed by atoms with Crippen LogP contribution in [0, 0.1) is 0 Å². The van der Waals surface area contributed by atoms with Crippen molar-refractivity contribution in [2.24, 2.45) is 0 Å². The molecule has 112 valence electrons. The van der Waals surface area contributed by atoms with Crippen molar-refractivity contribution in [2.45, 2.75) is 13.0 Å². The Morgan fingerprint density at radius 1 is 0.810 bits per heavy atom. The molecule has 0 aliphatic heterocycles. The van der Waals surface area contributed by atoms with E-state index in [4.69, 9.17) is 18.9 Å². The summed E-state index contributed by atoms with van der Waals surface area (Å²) in [5.41, 5.74) is 0. The number of hydrogen-bond donors (Lipinski definition) is 0. The van der Waals surface area contributed by atoms with Crippen molar-refractivity contribution in [2.75, 3.05) is 20.8 Å². The van der Waals surface area contributed by atoms with Crippen molar-refractivity contribution in [1.29, 1.82) is 0 Å². The van der Waals surface area contributed by atoms with Gasteiger partial charge in [-0.15, -0.1) is 0 Å². The SMILES string of the molecule is COc1cccc(OCC(C)Oc2cccc(OC)c2)c1. The molecule has 2 rings (SSSR count). The molecule has 0 aliphatic rings. The van der Waals surface area contributed by atoms with Crippen molar-refractivity contribution in [3.8, 4) is 23.0 Å². The molecule has 2 aromatic carbocycles. The first-order valence-corrected chi connectivity index (χ1v) is 6.79. The van der Waals surface area contributed by atoms with Crippen LogP contribution in [0.1, 0.15) is 6.92 Å². The fourth-order valence-corrected chi connectivity index (χ4v) is 1.85. The van der Waals surface area contributed by atoms with E-state index in [9.17, 15) is 0 Å². The molecule has 0 aliphatic carbocycles. The molecule has 0 amide bonds. The average molecular weight is 288 g/mol. The predicted octanol–water partition coefficient (Wildman–Crippen LogP) is 3.55. The summed E-state index contributed by atoms with van der Waals surface area (Å²) in [5.74, 6) is 3.06. The molecule has 0 spiro atoms. The first-order valence-electron chi connectivity index (χ1n) is 6.79. The molecule has 4 nitrogen and oxygen atoms in total. The van der Waals surface area contributed by atoms with Crippen LogP contribution in [0.25, 0.3) is 0 Å². The summed E-state index contributed by atoms with van der Waals surface area (Å²) in [7, 11) is 3.27. The Balaban J connectivity index is 1.87. The van der Waals surface area contributed by atoms with E-state index in [-0.39, 0.29) is 6.10 Å². The molecular weight excluding hydrogens is 268 g/mol.